The molecule has 5 heteroatoms. The van der Waals surface area contributed by atoms with Gasteiger partial charge in [-0.25, -0.2) is 4.39 Å². The van der Waals surface area contributed by atoms with Crippen LogP contribution in [0, 0.1) is 19.7 Å². The zero-order chi connectivity index (χ0) is 23.4. The smallest absolute Gasteiger partial charge is 0.242 e. The first kappa shape index (κ1) is 22.4. The maximum atomic E-state index is 15.0. The van der Waals surface area contributed by atoms with Crippen molar-refractivity contribution >= 4 is 11.6 Å². The molecule has 0 aliphatic heterocycles. The van der Waals surface area contributed by atoms with Crippen LogP contribution in [-0.2, 0) is 4.79 Å². The first-order valence-electron chi connectivity index (χ1n) is 10.8. The monoisotopic (exact) mass is 439 g/mol. The Kier molecular flexibility index (Phi) is 6.61. The Morgan fingerprint density at radius 3 is 1.94 bits per heavy atom. The minimum Gasteiger partial charge on any atom is -0.325 e. The molecule has 1 heterocycles. The molecule has 0 aliphatic carbocycles. The second kappa shape index (κ2) is 9.76. The van der Waals surface area contributed by atoms with Gasteiger partial charge in [-0.15, -0.1) is 0 Å². The van der Waals surface area contributed by atoms with Crippen LogP contribution in [0.1, 0.15) is 28.2 Å². The maximum absolute atomic E-state index is 15.0. The molecule has 0 radical (unpaired) electrons. The van der Waals surface area contributed by atoms with E-state index in [0.29, 0.717) is 11.3 Å². The summed E-state index contributed by atoms with van der Waals surface area (Å²) in [6.45, 7) is 3.80. The van der Waals surface area contributed by atoms with E-state index in [4.69, 9.17) is 5.73 Å². The number of amides is 1. The van der Waals surface area contributed by atoms with Crippen LogP contribution < -0.4 is 11.1 Å². The fourth-order valence-corrected chi connectivity index (χ4v) is 4.23. The summed E-state index contributed by atoms with van der Waals surface area (Å²) in [6.07, 6.45) is 3.42. The van der Waals surface area contributed by atoms with Crippen molar-refractivity contribution in [1.82, 2.24) is 4.98 Å². The molecule has 1 aromatic heterocycles. The topological polar surface area (TPSA) is 68.0 Å². The molecule has 1 amide bonds. The molecule has 1 atom stereocenters. The van der Waals surface area contributed by atoms with Gasteiger partial charge in [0.25, 0.3) is 0 Å². The molecule has 0 saturated heterocycles. The third-order valence-corrected chi connectivity index (χ3v) is 5.81. The van der Waals surface area contributed by atoms with Crippen LogP contribution in [0.5, 0.6) is 0 Å². The Morgan fingerprint density at radius 2 is 1.42 bits per heavy atom. The lowest BCUT2D eigenvalue weighted by Crippen LogP contribution is -2.41. The summed E-state index contributed by atoms with van der Waals surface area (Å²) in [4.78, 5) is 17.3. The first-order valence-corrected chi connectivity index (χ1v) is 10.8. The number of nitrogens with zero attached hydrogens (tertiary/aromatic N) is 1. The lowest BCUT2D eigenvalue weighted by atomic mass is 9.85. The van der Waals surface area contributed by atoms with Crippen molar-refractivity contribution in [2.75, 3.05) is 5.32 Å². The fraction of sp³-hybridized carbons (Fsp3) is 0.143. The third-order valence-electron chi connectivity index (χ3n) is 5.81. The van der Waals surface area contributed by atoms with E-state index in [1.165, 1.54) is 6.07 Å². The van der Waals surface area contributed by atoms with Gasteiger partial charge < -0.3 is 11.1 Å². The van der Waals surface area contributed by atoms with Crippen LogP contribution in [0.3, 0.4) is 0 Å². The van der Waals surface area contributed by atoms with Gasteiger partial charge in [-0.3, -0.25) is 9.78 Å². The van der Waals surface area contributed by atoms with Crippen molar-refractivity contribution in [2.45, 2.75) is 25.8 Å². The first-order chi connectivity index (χ1) is 16.0. The highest BCUT2D eigenvalue weighted by Crippen LogP contribution is 2.31. The predicted molar refractivity (Wildman–Crippen MR) is 130 cm³/mol. The molecule has 4 rings (SSSR count). The van der Waals surface area contributed by atoms with E-state index in [9.17, 15) is 4.79 Å². The molecular weight excluding hydrogens is 413 g/mol. The van der Waals surface area contributed by atoms with E-state index < -0.39 is 11.9 Å². The van der Waals surface area contributed by atoms with Gasteiger partial charge in [0.05, 0.1) is 6.04 Å². The minimum absolute atomic E-state index is 0.335. The minimum atomic E-state index is -0.859. The molecular formula is C28H26FN3O. The van der Waals surface area contributed by atoms with E-state index in [2.05, 4.69) is 10.3 Å². The van der Waals surface area contributed by atoms with Crippen LogP contribution in [0.2, 0.25) is 0 Å². The highest BCUT2D eigenvalue weighted by atomic mass is 19.1. The molecule has 3 aromatic carbocycles. The fourth-order valence-electron chi connectivity index (χ4n) is 4.23. The summed E-state index contributed by atoms with van der Waals surface area (Å²) >= 11 is 0. The molecule has 166 valence electrons. The van der Waals surface area contributed by atoms with Crippen molar-refractivity contribution < 1.29 is 9.18 Å². The number of carbonyl (C=O) groups is 1. The summed E-state index contributed by atoms with van der Waals surface area (Å²) in [5, 5.41) is 2.79. The third kappa shape index (κ3) is 4.83. The summed E-state index contributed by atoms with van der Waals surface area (Å²) in [7, 11) is 0. The number of aromatic nitrogens is 1. The second-order valence-corrected chi connectivity index (χ2v) is 8.16. The molecule has 0 unspecified atom stereocenters. The maximum Gasteiger partial charge on any atom is 0.242 e. The number of aryl methyl sites for hydroxylation is 2. The van der Waals surface area contributed by atoms with Gasteiger partial charge >= 0.3 is 0 Å². The quantitative estimate of drug-likeness (QED) is 0.411. The van der Waals surface area contributed by atoms with Crippen LogP contribution in [0.25, 0.3) is 11.1 Å². The molecule has 33 heavy (non-hydrogen) atoms. The average Bonchev–Trinajstić information content (AvgIpc) is 2.82. The number of nitrogens with two attached hydrogens (primary N) is 1. The number of rotatable bonds is 6. The number of pyridine rings is 1. The zero-order valence-corrected chi connectivity index (χ0v) is 18.6. The van der Waals surface area contributed by atoms with Gasteiger partial charge in [-0.2, -0.15) is 0 Å². The van der Waals surface area contributed by atoms with E-state index >= 15 is 4.39 Å². The normalized spacial score (nSPS) is 11.9. The lowest BCUT2D eigenvalue weighted by molar-refractivity contribution is -0.117. The van der Waals surface area contributed by atoms with Gasteiger partial charge in [0, 0.05) is 29.6 Å². The van der Waals surface area contributed by atoms with Gasteiger partial charge in [0.2, 0.25) is 5.91 Å². The Morgan fingerprint density at radius 1 is 0.879 bits per heavy atom. The standard InChI is InChI=1S/C28H26FN3O/c1-18-16-31-17-19(2)25(18)23-14-13-22(15-24(23)29)32-28(33)27(30)26(20-9-5-3-6-10-20)21-11-7-4-8-12-21/h3-17,26-27H,30H2,1-2H3,(H,32,33)/t27-/m0/s1. The molecule has 0 saturated carbocycles. The predicted octanol–water partition coefficient (Wildman–Crippen LogP) is 5.60. The number of halogens is 1. The van der Waals surface area contributed by atoms with Crippen LogP contribution in [0.15, 0.2) is 91.3 Å². The highest BCUT2D eigenvalue weighted by molar-refractivity contribution is 5.96. The van der Waals surface area contributed by atoms with E-state index in [0.717, 1.165) is 27.8 Å². The molecule has 0 spiro atoms. The van der Waals surface area contributed by atoms with Gasteiger partial charge in [-0.1, -0.05) is 60.7 Å². The average molecular weight is 440 g/mol. The van der Waals surface area contributed by atoms with E-state index in [-0.39, 0.29) is 11.8 Å². The second-order valence-electron chi connectivity index (χ2n) is 8.16. The Bertz CT molecular complexity index is 1200. The van der Waals surface area contributed by atoms with Crippen molar-refractivity contribution in [3.05, 3.63) is 119 Å². The lowest BCUT2D eigenvalue weighted by Gasteiger charge is -2.24. The van der Waals surface area contributed by atoms with E-state index in [1.807, 2.05) is 74.5 Å². The number of carbonyl (C=O) groups excluding carboxylic acids is 1. The van der Waals surface area contributed by atoms with Gasteiger partial charge in [0.1, 0.15) is 5.82 Å². The molecule has 0 bridgehead atoms. The van der Waals surface area contributed by atoms with Crippen LogP contribution in [0.4, 0.5) is 10.1 Å². The summed E-state index contributed by atoms with van der Waals surface area (Å²) < 4.78 is 15.0. The van der Waals surface area contributed by atoms with Crippen molar-refractivity contribution in [3.8, 4) is 11.1 Å². The summed E-state index contributed by atoms with van der Waals surface area (Å²) in [5.41, 5.74) is 11.8. The Hall–Kier alpha value is -3.83. The molecule has 4 nitrogen and oxygen atoms in total. The van der Waals surface area contributed by atoms with Crippen LogP contribution >= 0.6 is 0 Å². The van der Waals surface area contributed by atoms with Crippen LogP contribution in [-0.4, -0.2) is 16.9 Å². The summed E-state index contributed by atoms with van der Waals surface area (Å²) in [5.74, 6) is -1.13. The largest absolute Gasteiger partial charge is 0.325 e. The van der Waals surface area contributed by atoms with Gasteiger partial charge in [0.15, 0.2) is 0 Å². The number of benzene rings is 3. The van der Waals surface area contributed by atoms with Crippen molar-refractivity contribution in [1.29, 1.82) is 0 Å². The number of anilines is 1. The molecule has 0 fully saturated rings. The Labute approximate surface area is 193 Å². The number of hydrogen-bond acceptors (Lipinski definition) is 3. The zero-order valence-electron chi connectivity index (χ0n) is 18.6. The molecule has 4 aromatic rings. The number of hydrogen-bond donors (Lipinski definition) is 2. The number of nitrogens with one attached hydrogen (secondary N) is 1. The van der Waals surface area contributed by atoms with Crippen molar-refractivity contribution in [3.63, 3.8) is 0 Å². The highest BCUT2D eigenvalue weighted by Gasteiger charge is 2.28. The Balaban J connectivity index is 1.60. The SMILES string of the molecule is Cc1cncc(C)c1-c1ccc(NC(=O)[C@@H](N)C(c2ccccc2)c2ccccc2)cc1F. The van der Waals surface area contributed by atoms with Crippen molar-refractivity contribution in [2.24, 2.45) is 5.73 Å². The molecule has 3 N–H and O–H groups in total. The summed E-state index contributed by atoms with van der Waals surface area (Å²) in [6, 6.07) is 23.2. The van der Waals surface area contributed by atoms with E-state index in [1.54, 1.807) is 24.5 Å². The molecule has 0 aliphatic rings. The van der Waals surface area contributed by atoms with Gasteiger partial charge in [-0.05, 0) is 59.9 Å².